The zero-order chi connectivity index (χ0) is 10.1. The molecule has 14 heavy (non-hydrogen) atoms. The first-order chi connectivity index (χ1) is 6.68. The van der Waals surface area contributed by atoms with Crippen LogP contribution in [0.3, 0.4) is 0 Å². The van der Waals surface area contributed by atoms with Crippen LogP contribution in [0.15, 0.2) is 4.60 Å². The normalized spacial score (nSPS) is 17.5. The number of carboxylic acid groups (broad SMARTS) is 1. The number of rotatable bonds is 2. The first-order valence-electron chi connectivity index (χ1n) is 4.58. The molecule has 0 unspecified atom stereocenters. The number of hydrogen-bond acceptors (Lipinski definition) is 3. The van der Waals surface area contributed by atoms with E-state index in [1.165, 1.54) is 24.2 Å². The number of carboxylic acids is 1. The van der Waals surface area contributed by atoms with Gasteiger partial charge >= 0.3 is 5.97 Å². The van der Waals surface area contributed by atoms with Gasteiger partial charge in [-0.25, -0.2) is 9.78 Å². The van der Waals surface area contributed by atoms with Crippen LogP contribution in [-0.2, 0) is 0 Å². The Morgan fingerprint density at radius 1 is 1.50 bits per heavy atom. The molecule has 1 N–H and O–H groups in total. The van der Waals surface area contributed by atoms with Crippen molar-refractivity contribution in [3.8, 4) is 0 Å². The van der Waals surface area contributed by atoms with E-state index in [0.717, 1.165) is 17.8 Å². The van der Waals surface area contributed by atoms with Crippen molar-refractivity contribution in [2.24, 2.45) is 0 Å². The van der Waals surface area contributed by atoms with Gasteiger partial charge in [-0.2, -0.15) is 0 Å². The number of aromatic nitrogens is 1. The van der Waals surface area contributed by atoms with Crippen LogP contribution in [0.1, 0.15) is 46.3 Å². The van der Waals surface area contributed by atoms with Crippen LogP contribution in [0.2, 0.25) is 0 Å². The summed E-state index contributed by atoms with van der Waals surface area (Å²) in [5, 5.41) is 9.84. The minimum atomic E-state index is -0.890. The maximum Gasteiger partial charge on any atom is 0.348 e. The van der Waals surface area contributed by atoms with Crippen molar-refractivity contribution in [1.82, 2.24) is 4.98 Å². The van der Waals surface area contributed by atoms with Gasteiger partial charge in [0.15, 0.2) is 0 Å². The van der Waals surface area contributed by atoms with Crippen LogP contribution in [0.25, 0.3) is 0 Å². The average Bonchev–Trinajstić information content (AvgIpc) is 2.70. The molecule has 1 aliphatic carbocycles. The van der Waals surface area contributed by atoms with E-state index in [1.807, 2.05) is 0 Å². The van der Waals surface area contributed by atoms with Crippen molar-refractivity contribution < 1.29 is 9.90 Å². The van der Waals surface area contributed by atoms with E-state index in [2.05, 4.69) is 20.9 Å². The van der Waals surface area contributed by atoms with E-state index in [-0.39, 0.29) is 0 Å². The van der Waals surface area contributed by atoms with Crippen LogP contribution >= 0.6 is 27.3 Å². The van der Waals surface area contributed by atoms with Gasteiger partial charge in [-0.05, 0) is 28.8 Å². The second kappa shape index (κ2) is 3.98. The van der Waals surface area contributed by atoms with Crippen LogP contribution in [-0.4, -0.2) is 16.1 Å². The third-order valence-corrected chi connectivity index (χ3v) is 4.54. The minimum Gasteiger partial charge on any atom is -0.477 e. The average molecular weight is 276 g/mol. The summed E-state index contributed by atoms with van der Waals surface area (Å²) in [6.07, 6.45) is 4.78. The number of aromatic carboxylic acids is 1. The minimum absolute atomic E-state index is 0.326. The van der Waals surface area contributed by atoms with Gasteiger partial charge in [-0.15, -0.1) is 11.3 Å². The van der Waals surface area contributed by atoms with Crippen molar-refractivity contribution in [1.29, 1.82) is 0 Å². The number of halogens is 1. The first-order valence-corrected chi connectivity index (χ1v) is 6.19. The molecule has 0 aromatic carbocycles. The monoisotopic (exact) mass is 275 g/mol. The topological polar surface area (TPSA) is 50.2 Å². The number of thiazole rings is 1. The van der Waals surface area contributed by atoms with Crippen molar-refractivity contribution in [3.63, 3.8) is 0 Å². The lowest BCUT2D eigenvalue weighted by atomic mass is 10.1. The molecule has 1 aliphatic rings. The van der Waals surface area contributed by atoms with Gasteiger partial charge < -0.3 is 5.11 Å². The molecule has 0 aliphatic heterocycles. The molecule has 0 spiro atoms. The zero-order valence-electron chi connectivity index (χ0n) is 7.49. The molecule has 0 atom stereocenters. The molecule has 1 heterocycles. The molecule has 2 rings (SSSR count). The largest absolute Gasteiger partial charge is 0.477 e. The van der Waals surface area contributed by atoms with E-state index in [9.17, 15) is 4.79 Å². The van der Waals surface area contributed by atoms with Gasteiger partial charge in [0, 0.05) is 5.92 Å². The van der Waals surface area contributed by atoms with E-state index in [1.54, 1.807) is 0 Å². The van der Waals surface area contributed by atoms with E-state index < -0.39 is 5.97 Å². The Kier molecular flexibility index (Phi) is 2.88. The molecule has 1 fully saturated rings. The summed E-state index contributed by atoms with van der Waals surface area (Å²) in [6.45, 7) is 0. The lowest BCUT2D eigenvalue weighted by Crippen LogP contribution is -1.91. The summed E-state index contributed by atoms with van der Waals surface area (Å²) < 4.78 is 0.483. The molecular weight excluding hydrogens is 266 g/mol. The van der Waals surface area contributed by atoms with Gasteiger partial charge in [0.2, 0.25) is 0 Å². The van der Waals surface area contributed by atoms with Crippen LogP contribution in [0, 0.1) is 0 Å². The van der Waals surface area contributed by atoms with Crippen LogP contribution in [0.5, 0.6) is 0 Å². The van der Waals surface area contributed by atoms with E-state index in [4.69, 9.17) is 5.11 Å². The zero-order valence-corrected chi connectivity index (χ0v) is 9.90. The predicted octanol–water partition coefficient (Wildman–Crippen LogP) is 3.26. The number of carbonyl (C=O) groups is 1. The highest BCUT2D eigenvalue weighted by molar-refractivity contribution is 9.10. The molecule has 0 bridgehead atoms. The molecule has 0 amide bonds. The van der Waals surface area contributed by atoms with Crippen molar-refractivity contribution in [3.05, 3.63) is 14.5 Å². The molecule has 3 nitrogen and oxygen atoms in total. The summed E-state index contributed by atoms with van der Waals surface area (Å²) >= 11 is 4.49. The molecule has 5 heteroatoms. The third kappa shape index (κ3) is 1.83. The quantitative estimate of drug-likeness (QED) is 0.901. The van der Waals surface area contributed by atoms with Gasteiger partial charge in [-0.1, -0.05) is 12.8 Å². The third-order valence-electron chi connectivity index (χ3n) is 2.50. The highest BCUT2D eigenvalue weighted by atomic mass is 79.9. The summed E-state index contributed by atoms with van der Waals surface area (Å²) in [6, 6.07) is 0. The number of nitrogens with zero attached hydrogens (tertiary/aromatic N) is 1. The van der Waals surface area contributed by atoms with E-state index >= 15 is 0 Å². The molecule has 0 radical (unpaired) electrons. The Labute approximate surface area is 94.3 Å². The number of hydrogen-bond donors (Lipinski definition) is 1. The highest BCUT2D eigenvalue weighted by Gasteiger charge is 2.23. The standard InChI is InChI=1S/C9H10BrNO2S/c10-7-6(9(12)13)14-8(11-7)5-3-1-2-4-5/h5H,1-4H2,(H,12,13). The summed E-state index contributed by atoms with van der Waals surface area (Å²) in [7, 11) is 0. The fourth-order valence-electron chi connectivity index (χ4n) is 1.80. The van der Waals surface area contributed by atoms with Gasteiger partial charge in [0.1, 0.15) is 9.48 Å². The van der Waals surface area contributed by atoms with Crippen molar-refractivity contribution in [2.75, 3.05) is 0 Å². The summed E-state index contributed by atoms with van der Waals surface area (Å²) in [5.74, 6) is -0.400. The van der Waals surface area contributed by atoms with Crippen LogP contribution < -0.4 is 0 Å². The van der Waals surface area contributed by atoms with Crippen LogP contribution in [0.4, 0.5) is 0 Å². The van der Waals surface area contributed by atoms with Gasteiger partial charge in [0.05, 0.1) is 5.01 Å². The lowest BCUT2D eigenvalue weighted by molar-refractivity contribution is 0.0701. The summed E-state index contributed by atoms with van der Waals surface area (Å²) in [5.41, 5.74) is 0. The molecule has 76 valence electrons. The van der Waals surface area contributed by atoms with Gasteiger partial charge in [0.25, 0.3) is 0 Å². The molecule has 1 aromatic heterocycles. The smallest absolute Gasteiger partial charge is 0.348 e. The maximum atomic E-state index is 10.8. The Morgan fingerprint density at radius 2 is 2.14 bits per heavy atom. The molecule has 1 aromatic rings. The Morgan fingerprint density at radius 3 is 2.64 bits per heavy atom. The first kappa shape index (κ1) is 10.1. The molecule has 1 saturated carbocycles. The Hall–Kier alpha value is -0.420. The Balaban J connectivity index is 2.27. The Bertz CT molecular complexity index is 358. The second-order valence-corrected chi connectivity index (χ2v) is 5.24. The van der Waals surface area contributed by atoms with Crippen molar-refractivity contribution >= 4 is 33.2 Å². The SMILES string of the molecule is O=C(O)c1sc(C2CCCC2)nc1Br. The maximum absolute atomic E-state index is 10.8. The van der Waals surface area contributed by atoms with Crippen molar-refractivity contribution in [2.45, 2.75) is 31.6 Å². The molecular formula is C9H10BrNO2S. The van der Waals surface area contributed by atoms with E-state index in [0.29, 0.717) is 15.4 Å². The van der Waals surface area contributed by atoms with Gasteiger partial charge in [-0.3, -0.25) is 0 Å². The highest BCUT2D eigenvalue weighted by Crippen LogP contribution is 2.38. The fourth-order valence-corrected chi connectivity index (χ4v) is 3.48. The lowest BCUT2D eigenvalue weighted by Gasteiger charge is -2.01. The second-order valence-electron chi connectivity index (χ2n) is 3.46. The summed E-state index contributed by atoms with van der Waals surface area (Å²) in [4.78, 5) is 15.4. The molecule has 0 saturated heterocycles. The fraction of sp³-hybridized carbons (Fsp3) is 0.556. The predicted molar refractivity (Wildman–Crippen MR) is 58.0 cm³/mol.